The molecule has 138 valence electrons. The number of amides is 2. The third kappa shape index (κ3) is 4.14. The number of nitrogens with one attached hydrogen (secondary N) is 2. The van der Waals surface area contributed by atoms with Crippen LogP contribution in [0, 0.1) is 0 Å². The molecule has 1 aromatic heterocycles. The molecule has 0 atom stereocenters. The molecule has 7 heteroatoms. The highest BCUT2D eigenvalue weighted by atomic mass is 16.6. The Kier molecular flexibility index (Phi) is 5.51. The average molecular weight is 365 g/mol. The van der Waals surface area contributed by atoms with E-state index in [4.69, 9.17) is 9.47 Å². The van der Waals surface area contributed by atoms with Crippen LogP contribution in [0.2, 0.25) is 0 Å². The van der Waals surface area contributed by atoms with Gasteiger partial charge in [0.15, 0.2) is 0 Å². The first-order chi connectivity index (χ1) is 13.1. The fourth-order valence-electron chi connectivity index (χ4n) is 2.62. The zero-order valence-electron chi connectivity index (χ0n) is 15.0. The maximum Gasteiger partial charge on any atom is 0.426 e. The largest absolute Gasteiger partial charge is 0.497 e. The molecule has 0 saturated heterocycles. The zero-order chi connectivity index (χ0) is 19.2. The van der Waals surface area contributed by atoms with Crippen LogP contribution in [0.4, 0.5) is 4.79 Å². The molecule has 0 saturated carbocycles. The van der Waals surface area contributed by atoms with Gasteiger partial charge in [0.1, 0.15) is 5.75 Å². The number of pyridine rings is 1. The van der Waals surface area contributed by atoms with Crippen LogP contribution in [0.1, 0.15) is 17.3 Å². The van der Waals surface area contributed by atoms with Crippen LogP contribution >= 0.6 is 0 Å². The Morgan fingerprint density at radius 2 is 1.78 bits per heavy atom. The third-order valence-electron chi connectivity index (χ3n) is 3.90. The van der Waals surface area contributed by atoms with Gasteiger partial charge in [0, 0.05) is 10.9 Å². The highest BCUT2D eigenvalue weighted by molar-refractivity contribution is 6.07. The van der Waals surface area contributed by atoms with Gasteiger partial charge in [0.05, 0.1) is 30.5 Å². The van der Waals surface area contributed by atoms with E-state index in [-0.39, 0.29) is 6.61 Å². The van der Waals surface area contributed by atoms with E-state index in [1.54, 1.807) is 26.2 Å². The molecule has 0 radical (unpaired) electrons. The van der Waals surface area contributed by atoms with Crippen LogP contribution < -0.4 is 15.6 Å². The maximum atomic E-state index is 12.6. The number of benzene rings is 2. The Morgan fingerprint density at radius 1 is 1.04 bits per heavy atom. The molecule has 0 bridgehead atoms. The molecule has 0 fully saturated rings. The second-order valence-electron chi connectivity index (χ2n) is 5.60. The first kappa shape index (κ1) is 18.2. The van der Waals surface area contributed by atoms with Crippen molar-refractivity contribution >= 4 is 22.9 Å². The van der Waals surface area contributed by atoms with Crippen molar-refractivity contribution in [3.8, 4) is 17.0 Å². The molecule has 2 amide bonds. The van der Waals surface area contributed by atoms with Crippen molar-refractivity contribution < 1.29 is 19.1 Å². The summed E-state index contributed by atoms with van der Waals surface area (Å²) in [4.78, 5) is 28.7. The maximum absolute atomic E-state index is 12.6. The van der Waals surface area contributed by atoms with Crippen LogP contribution in [0.25, 0.3) is 22.2 Å². The number of fused-ring (bicyclic) bond motifs is 1. The monoisotopic (exact) mass is 365 g/mol. The second kappa shape index (κ2) is 8.18. The Hall–Kier alpha value is -3.61. The van der Waals surface area contributed by atoms with Gasteiger partial charge >= 0.3 is 6.09 Å². The Bertz CT molecular complexity index is 971. The summed E-state index contributed by atoms with van der Waals surface area (Å²) in [5.74, 6) is 0.271. The van der Waals surface area contributed by atoms with Gasteiger partial charge in [-0.2, -0.15) is 0 Å². The lowest BCUT2D eigenvalue weighted by atomic mass is 10.0. The molecule has 1 heterocycles. The van der Waals surface area contributed by atoms with Gasteiger partial charge in [-0.25, -0.2) is 15.2 Å². The second-order valence-corrected chi connectivity index (χ2v) is 5.60. The average Bonchev–Trinajstić information content (AvgIpc) is 2.71. The molecule has 27 heavy (non-hydrogen) atoms. The molecule has 3 rings (SSSR count). The lowest BCUT2D eigenvalue weighted by molar-refractivity contribution is 0.0914. The molecule has 7 nitrogen and oxygen atoms in total. The molecule has 0 spiro atoms. The van der Waals surface area contributed by atoms with Crippen molar-refractivity contribution in [3.05, 3.63) is 60.2 Å². The molecule has 3 aromatic rings. The van der Waals surface area contributed by atoms with Crippen molar-refractivity contribution in [2.24, 2.45) is 0 Å². The van der Waals surface area contributed by atoms with Crippen molar-refractivity contribution in [2.75, 3.05) is 13.7 Å². The number of methoxy groups -OCH3 is 1. The van der Waals surface area contributed by atoms with Gasteiger partial charge in [-0.05, 0) is 43.3 Å². The molecule has 0 unspecified atom stereocenters. The first-order valence-corrected chi connectivity index (χ1v) is 8.39. The van der Waals surface area contributed by atoms with Crippen LogP contribution in [-0.4, -0.2) is 30.7 Å². The van der Waals surface area contributed by atoms with Crippen molar-refractivity contribution in [1.29, 1.82) is 0 Å². The predicted molar refractivity (Wildman–Crippen MR) is 101 cm³/mol. The smallest absolute Gasteiger partial charge is 0.426 e. The SMILES string of the molecule is CCOC(=O)NNC(=O)c1cc(-c2ccc(OC)cc2)nc2ccccc12. The minimum absolute atomic E-state index is 0.210. The van der Waals surface area contributed by atoms with Crippen LogP contribution in [0.3, 0.4) is 0 Å². The summed E-state index contributed by atoms with van der Waals surface area (Å²) in [5, 5.41) is 0.679. The van der Waals surface area contributed by atoms with E-state index in [1.807, 2.05) is 42.5 Å². The minimum Gasteiger partial charge on any atom is -0.497 e. The normalized spacial score (nSPS) is 10.3. The zero-order valence-corrected chi connectivity index (χ0v) is 15.0. The number of nitrogens with zero attached hydrogens (tertiary/aromatic N) is 1. The number of hydrazine groups is 1. The lowest BCUT2D eigenvalue weighted by Gasteiger charge is -2.11. The van der Waals surface area contributed by atoms with E-state index in [9.17, 15) is 9.59 Å². The van der Waals surface area contributed by atoms with Crippen molar-refractivity contribution in [1.82, 2.24) is 15.8 Å². The van der Waals surface area contributed by atoms with E-state index in [0.29, 0.717) is 22.2 Å². The van der Waals surface area contributed by atoms with Gasteiger partial charge in [0.2, 0.25) is 0 Å². The van der Waals surface area contributed by atoms with Crippen LogP contribution in [0.15, 0.2) is 54.6 Å². The number of aromatic nitrogens is 1. The Balaban J connectivity index is 1.97. The topological polar surface area (TPSA) is 89.6 Å². The summed E-state index contributed by atoms with van der Waals surface area (Å²) in [6, 6.07) is 16.4. The van der Waals surface area contributed by atoms with Crippen molar-refractivity contribution in [2.45, 2.75) is 6.92 Å². The van der Waals surface area contributed by atoms with Crippen molar-refractivity contribution in [3.63, 3.8) is 0 Å². The standard InChI is InChI=1S/C20H19N3O4/c1-3-27-20(25)23-22-19(24)16-12-18(13-8-10-14(26-2)11-9-13)21-17-7-5-4-6-15(16)17/h4-12H,3H2,1-2H3,(H,22,24)(H,23,25). The summed E-state index contributed by atoms with van der Waals surface area (Å²) >= 11 is 0. The molecular formula is C20H19N3O4. The summed E-state index contributed by atoms with van der Waals surface area (Å²) in [6.45, 7) is 1.89. The molecule has 0 aliphatic carbocycles. The number of ether oxygens (including phenoxy) is 2. The van der Waals surface area contributed by atoms with E-state index < -0.39 is 12.0 Å². The Labute approximate surface area is 156 Å². The predicted octanol–water partition coefficient (Wildman–Crippen LogP) is 3.30. The number of rotatable bonds is 4. The third-order valence-corrected chi connectivity index (χ3v) is 3.90. The summed E-state index contributed by atoms with van der Waals surface area (Å²) < 4.78 is 9.92. The number of hydrogen-bond acceptors (Lipinski definition) is 5. The number of hydrogen-bond donors (Lipinski definition) is 2. The van der Waals surface area contributed by atoms with E-state index >= 15 is 0 Å². The van der Waals surface area contributed by atoms with Gasteiger partial charge in [-0.1, -0.05) is 18.2 Å². The van der Waals surface area contributed by atoms with E-state index in [2.05, 4.69) is 15.8 Å². The summed E-state index contributed by atoms with van der Waals surface area (Å²) in [6.07, 6.45) is -0.723. The van der Waals surface area contributed by atoms with Crippen LogP contribution in [-0.2, 0) is 4.74 Å². The minimum atomic E-state index is -0.723. The van der Waals surface area contributed by atoms with E-state index in [0.717, 1.165) is 11.3 Å². The van der Waals surface area contributed by atoms with Crippen LogP contribution in [0.5, 0.6) is 5.75 Å². The van der Waals surface area contributed by atoms with Gasteiger partial charge in [-0.3, -0.25) is 10.2 Å². The first-order valence-electron chi connectivity index (χ1n) is 8.39. The number of carbonyl (C=O) groups is 2. The van der Waals surface area contributed by atoms with Gasteiger partial charge in [0.25, 0.3) is 5.91 Å². The highest BCUT2D eigenvalue weighted by Gasteiger charge is 2.15. The fraction of sp³-hybridized carbons (Fsp3) is 0.150. The Morgan fingerprint density at radius 3 is 2.48 bits per heavy atom. The molecular weight excluding hydrogens is 346 g/mol. The quantitative estimate of drug-likeness (QED) is 0.693. The van der Waals surface area contributed by atoms with E-state index in [1.165, 1.54) is 0 Å². The molecule has 2 aromatic carbocycles. The van der Waals surface area contributed by atoms with Gasteiger partial charge in [-0.15, -0.1) is 0 Å². The molecule has 0 aliphatic heterocycles. The fourth-order valence-corrected chi connectivity index (χ4v) is 2.62. The molecule has 0 aliphatic rings. The summed E-state index contributed by atoms with van der Waals surface area (Å²) in [7, 11) is 1.60. The van der Waals surface area contributed by atoms with Gasteiger partial charge < -0.3 is 9.47 Å². The number of para-hydroxylation sites is 1. The summed E-state index contributed by atoms with van der Waals surface area (Å²) in [5.41, 5.74) is 7.13. The lowest BCUT2D eigenvalue weighted by Crippen LogP contribution is -2.42. The highest BCUT2D eigenvalue weighted by Crippen LogP contribution is 2.26. The number of carbonyl (C=O) groups excluding carboxylic acids is 2. The molecule has 2 N–H and O–H groups in total.